The molecule has 2 aromatic heterocycles. The first-order valence-corrected chi connectivity index (χ1v) is 10.0. The predicted octanol–water partition coefficient (Wildman–Crippen LogP) is 2.96. The molecule has 3 aromatic rings. The van der Waals surface area contributed by atoms with Gasteiger partial charge in [-0.25, -0.2) is 4.98 Å². The number of aromatic nitrogens is 2. The summed E-state index contributed by atoms with van der Waals surface area (Å²) >= 11 is 1.55. The van der Waals surface area contributed by atoms with Gasteiger partial charge in [0.2, 0.25) is 0 Å². The fourth-order valence-corrected chi connectivity index (χ4v) is 4.43. The Balaban J connectivity index is 1.48. The van der Waals surface area contributed by atoms with E-state index in [4.69, 9.17) is 4.74 Å². The van der Waals surface area contributed by atoms with Gasteiger partial charge >= 0.3 is 0 Å². The number of ether oxygens (including phenoxy) is 1. The maximum absolute atomic E-state index is 12.8. The topological polar surface area (TPSA) is 72.7 Å². The van der Waals surface area contributed by atoms with Crippen molar-refractivity contribution in [1.29, 1.82) is 0 Å². The summed E-state index contributed by atoms with van der Waals surface area (Å²) in [6.45, 7) is 3.08. The Labute approximate surface area is 160 Å². The van der Waals surface area contributed by atoms with E-state index >= 15 is 0 Å². The average Bonchev–Trinajstić information content (AvgIpc) is 3.26. The summed E-state index contributed by atoms with van der Waals surface area (Å²) in [5, 5.41) is 2.81. The van der Waals surface area contributed by atoms with Gasteiger partial charge in [-0.3, -0.25) is 14.0 Å². The minimum atomic E-state index is -0.397. The zero-order chi connectivity index (χ0) is 18.8. The van der Waals surface area contributed by atoms with Crippen LogP contribution in [0.4, 0.5) is 0 Å². The fourth-order valence-electron chi connectivity index (χ4n) is 3.26. The smallest absolute Gasteiger partial charge is 0.271 e. The minimum absolute atomic E-state index is 0.0860. The lowest BCUT2D eigenvalue weighted by atomic mass is 10.2. The summed E-state index contributed by atoms with van der Waals surface area (Å²) in [6, 6.07) is 7.58. The number of fused-ring (bicyclic) bond motifs is 3. The number of thiazole rings is 1. The van der Waals surface area contributed by atoms with Gasteiger partial charge in [0.05, 0.1) is 6.61 Å². The Morgan fingerprint density at radius 3 is 2.89 bits per heavy atom. The number of rotatable bonds is 6. The van der Waals surface area contributed by atoms with Crippen molar-refractivity contribution in [2.75, 3.05) is 6.61 Å². The number of hydrogen-bond acceptors (Lipinski definition) is 5. The number of nitrogens with one attached hydrogen (secondary N) is 1. The molecule has 6 nitrogen and oxygen atoms in total. The number of hydrogen-bond donors (Lipinski definition) is 1. The van der Waals surface area contributed by atoms with Crippen LogP contribution in [0.2, 0.25) is 0 Å². The molecule has 1 amide bonds. The second-order valence-corrected chi connectivity index (χ2v) is 7.66. The van der Waals surface area contributed by atoms with Crippen LogP contribution in [0.5, 0.6) is 5.75 Å². The van der Waals surface area contributed by atoms with Crippen LogP contribution in [-0.4, -0.2) is 21.9 Å². The van der Waals surface area contributed by atoms with Crippen LogP contribution >= 0.6 is 11.3 Å². The summed E-state index contributed by atoms with van der Waals surface area (Å²) in [5.41, 5.74) is 1.77. The van der Waals surface area contributed by atoms with Crippen molar-refractivity contribution in [1.82, 2.24) is 14.7 Å². The van der Waals surface area contributed by atoms with Crippen molar-refractivity contribution in [3.8, 4) is 5.75 Å². The summed E-state index contributed by atoms with van der Waals surface area (Å²) < 4.78 is 7.16. The van der Waals surface area contributed by atoms with E-state index in [1.165, 1.54) is 11.1 Å². The van der Waals surface area contributed by atoms with Crippen LogP contribution in [0, 0.1) is 0 Å². The van der Waals surface area contributed by atoms with Crippen molar-refractivity contribution in [2.45, 2.75) is 39.2 Å². The van der Waals surface area contributed by atoms with Crippen LogP contribution in [0.15, 0.2) is 35.3 Å². The van der Waals surface area contributed by atoms with Crippen LogP contribution in [0.3, 0.4) is 0 Å². The van der Waals surface area contributed by atoms with Crippen molar-refractivity contribution < 1.29 is 9.53 Å². The zero-order valence-corrected chi connectivity index (χ0v) is 16.0. The molecule has 1 aromatic carbocycles. The minimum Gasteiger partial charge on any atom is -0.494 e. The normalized spacial score (nSPS) is 12.9. The molecule has 1 N–H and O–H groups in total. The average molecular weight is 383 g/mol. The summed E-state index contributed by atoms with van der Waals surface area (Å²) in [7, 11) is 0. The molecule has 0 spiro atoms. The molecule has 2 heterocycles. The Morgan fingerprint density at radius 1 is 1.30 bits per heavy atom. The standard InChI is InChI=1S/C20H21N3O3S/c1-2-10-26-14-8-6-13(7-9-14)11-21-18(24)15-12-22-20-23(19(15)25)16-4-3-5-17(16)27-20/h6-9,12H,2-5,10-11H2,1H3,(H,21,24). The van der Waals surface area contributed by atoms with Gasteiger partial charge in [0, 0.05) is 23.3 Å². The van der Waals surface area contributed by atoms with Crippen molar-refractivity contribution in [3.63, 3.8) is 0 Å². The first-order chi connectivity index (χ1) is 13.2. The molecule has 1 aliphatic rings. The van der Waals surface area contributed by atoms with Crippen LogP contribution in [0.1, 0.15) is 46.3 Å². The molecule has 0 atom stereocenters. The Hall–Kier alpha value is -2.67. The van der Waals surface area contributed by atoms with Gasteiger partial charge in [0.15, 0.2) is 4.96 Å². The molecule has 4 rings (SSSR count). The molecule has 0 fully saturated rings. The van der Waals surface area contributed by atoms with Gasteiger partial charge in [-0.05, 0) is 43.4 Å². The van der Waals surface area contributed by atoms with E-state index in [2.05, 4.69) is 17.2 Å². The Morgan fingerprint density at radius 2 is 2.11 bits per heavy atom. The van der Waals surface area contributed by atoms with Gasteiger partial charge < -0.3 is 10.1 Å². The van der Waals surface area contributed by atoms with Gasteiger partial charge in [-0.2, -0.15) is 0 Å². The highest BCUT2D eigenvalue weighted by Gasteiger charge is 2.22. The van der Waals surface area contributed by atoms with Crippen molar-refractivity contribution in [3.05, 3.63) is 62.5 Å². The number of carbonyl (C=O) groups is 1. The molecular formula is C20H21N3O3S. The number of benzene rings is 1. The number of amides is 1. The second kappa shape index (κ2) is 7.52. The fraction of sp³-hybridized carbons (Fsp3) is 0.350. The molecule has 7 heteroatoms. The molecule has 27 heavy (non-hydrogen) atoms. The maximum Gasteiger partial charge on any atom is 0.271 e. The highest BCUT2D eigenvalue weighted by Crippen LogP contribution is 2.28. The molecule has 0 saturated heterocycles. The molecule has 0 aliphatic heterocycles. The number of aryl methyl sites for hydroxylation is 2. The van der Waals surface area contributed by atoms with E-state index in [1.807, 2.05) is 24.3 Å². The molecule has 0 radical (unpaired) electrons. The molecule has 0 unspecified atom stereocenters. The largest absolute Gasteiger partial charge is 0.494 e. The van der Waals surface area contributed by atoms with E-state index in [1.54, 1.807) is 15.7 Å². The maximum atomic E-state index is 12.8. The lowest BCUT2D eigenvalue weighted by Crippen LogP contribution is -2.31. The van der Waals surface area contributed by atoms with E-state index in [0.29, 0.717) is 18.1 Å². The van der Waals surface area contributed by atoms with Crippen molar-refractivity contribution >= 4 is 22.2 Å². The second-order valence-electron chi connectivity index (χ2n) is 6.60. The summed E-state index contributed by atoms with van der Waals surface area (Å²) in [4.78, 5) is 31.5. The quantitative estimate of drug-likeness (QED) is 0.710. The highest BCUT2D eigenvalue weighted by molar-refractivity contribution is 7.17. The summed E-state index contributed by atoms with van der Waals surface area (Å²) in [6.07, 6.45) is 5.26. The third kappa shape index (κ3) is 3.47. The van der Waals surface area contributed by atoms with Gasteiger partial charge in [0.1, 0.15) is 11.3 Å². The SMILES string of the molecule is CCCOc1ccc(CNC(=O)c2cnc3sc4c(n3c2=O)CCC4)cc1. The Bertz CT molecular complexity index is 1040. The van der Waals surface area contributed by atoms with E-state index < -0.39 is 5.91 Å². The predicted molar refractivity (Wildman–Crippen MR) is 105 cm³/mol. The van der Waals surface area contributed by atoms with Gasteiger partial charge in [-0.1, -0.05) is 19.1 Å². The molecular weight excluding hydrogens is 362 g/mol. The van der Waals surface area contributed by atoms with Crippen LogP contribution < -0.4 is 15.6 Å². The van der Waals surface area contributed by atoms with Crippen molar-refractivity contribution in [2.24, 2.45) is 0 Å². The molecule has 0 saturated carbocycles. The number of nitrogens with zero attached hydrogens (tertiary/aromatic N) is 2. The monoisotopic (exact) mass is 383 g/mol. The first-order valence-electron chi connectivity index (χ1n) is 9.19. The molecule has 1 aliphatic carbocycles. The van der Waals surface area contributed by atoms with Gasteiger partial charge in [0.25, 0.3) is 11.5 Å². The van der Waals surface area contributed by atoms with E-state index in [9.17, 15) is 9.59 Å². The van der Waals surface area contributed by atoms with Crippen LogP contribution in [0.25, 0.3) is 4.96 Å². The van der Waals surface area contributed by atoms with Crippen LogP contribution in [-0.2, 0) is 19.4 Å². The van der Waals surface area contributed by atoms with E-state index in [0.717, 1.165) is 42.7 Å². The summed E-state index contributed by atoms with van der Waals surface area (Å²) in [5.74, 6) is 0.414. The van der Waals surface area contributed by atoms with Gasteiger partial charge in [-0.15, -0.1) is 11.3 Å². The molecule has 0 bridgehead atoms. The third-order valence-corrected chi connectivity index (χ3v) is 5.80. The molecule has 140 valence electrons. The lowest BCUT2D eigenvalue weighted by Gasteiger charge is -2.08. The number of carbonyl (C=O) groups excluding carboxylic acids is 1. The lowest BCUT2D eigenvalue weighted by molar-refractivity contribution is 0.0949. The Kier molecular flexibility index (Phi) is 4.94. The first kappa shape index (κ1) is 17.7. The zero-order valence-electron chi connectivity index (χ0n) is 15.2. The third-order valence-electron chi connectivity index (χ3n) is 4.65. The highest BCUT2D eigenvalue weighted by atomic mass is 32.1. The van der Waals surface area contributed by atoms with E-state index in [-0.39, 0.29) is 11.1 Å².